The molecular formula is C12H24N2O2. The normalized spacial score (nSPS) is 12.1. The van der Waals surface area contributed by atoms with E-state index in [0.717, 1.165) is 19.3 Å². The molecule has 1 unspecified atom stereocenters. The van der Waals surface area contributed by atoms with Gasteiger partial charge in [-0.1, -0.05) is 19.4 Å². The zero-order valence-electron chi connectivity index (χ0n) is 10.2. The van der Waals surface area contributed by atoms with Gasteiger partial charge in [-0.15, -0.1) is 6.58 Å². The van der Waals surface area contributed by atoms with E-state index in [1.54, 1.807) is 0 Å². The van der Waals surface area contributed by atoms with Crippen LogP contribution in [0.25, 0.3) is 0 Å². The zero-order chi connectivity index (χ0) is 12.2. The summed E-state index contributed by atoms with van der Waals surface area (Å²) in [5.41, 5.74) is 5.53. The van der Waals surface area contributed by atoms with E-state index < -0.39 is 0 Å². The molecule has 3 N–H and O–H groups in total. The Bertz CT molecular complexity index is 195. The first-order chi connectivity index (χ1) is 7.76. The molecule has 0 aliphatic heterocycles. The highest BCUT2D eigenvalue weighted by Gasteiger charge is 2.14. The average molecular weight is 228 g/mol. The first-order valence-corrected chi connectivity index (χ1v) is 5.92. The van der Waals surface area contributed by atoms with Crippen LogP contribution in [0.2, 0.25) is 0 Å². The van der Waals surface area contributed by atoms with Crippen molar-refractivity contribution in [3.8, 4) is 0 Å². The van der Waals surface area contributed by atoms with Crippen molar-refractivity contribution >= 4 is 5.91 Å². The predicted octanol–water partition coefficient (Wildman–Crippen LogP) is 1.07. The van der Waals surface area contributed by atoms with Crippen molar-refractivity contribution in [3.05, 3.63) is 12.7 Å². The van der Waals surface area contributed by atoms with E-state index in [1.165, 1.54) is 0 Å². The van der Waals surface area contributed by atoms with Gasteiger partial charge < -0.3 is 15.8 Å². The standard InChI is InChI=1S/C12H24N2O2/c1-3-5-8-16-9-7-14-12(15)11(10-13)6-4-2/h3,11H,1,4-10,13H2,2H3,(H,14,15). The van der Waals surface area contributed by atoms with E-state index in [0.29, 0.717) is 26.3 Å². The summed E-state index contributed by atoms with van der Waals surface area (Å²) in [6.45, 7) is 7.82. The Morgan fingerprint density at radius 3 is 2.88 bits per heavy atom. The van der Waals surface area contributed by atoms with Crippen molar-refractivity contribution in [2.45, 2.75) is 26.2 Å². The summed E-state index contributed by atoms with van der Waals surface area (Å²) in [6, 6.07) is 0. The van der Waals surface area contributed by atoms with Crippen molar-refractivity contribution in [1.29, 1.82) is 0 Å². The van der Waals surface area contributed by atoms with E-state index >= 15 is 0 Å². The summed E-state index contributed by atoms with van der Waals surface area (Å²) < 4.78 is 5.28. The van der Waals surface area contributed by atoms with Gasteiger partial charge in [-0.05, 0) is 12.8 Å². The largest absolute Gasteiger partial charge is 0.379 e. The van der Waals surface area contributed by atoms with Crippen LogP contribution in [-0.2, 0) is 9.53 Å². The number of hydrogen-bond acceptors (Lipinski definition) is 3. The van der Waals surface area contributed by atoms with Crippen LogP contribution >= 0.6 is 0 Å². The van der Waals surface area contributed by atoms with Crippen LogP contribution in [0, 0.1) is 5.92 Å². The molecule has 0 fully saturated rings. The minimum Gasteiger partial charge on any atom is -0.379 e. The maximum Gasteiger partial charge on any atom is 0.224 e. The maximum atomic E-state index is 11.6. The molecule has 0 heterocycles. The van der Waals surface area contributed by atoms with Gasteiger partial charge in [0.1, 0.15) is 0 Å². The van der Waals surface area contributed by atoms with Crippen molar-refractivity contribution in [2.75, 3.05) is 26.3 Å². The quantitative estimate of drug-likeness (QED) is 0.434. The molecule has 0 radical (unpaired) electrons. The predicted molar refractivity (Wildman–Crippen MR) is 66.1 cm³/mol. The first kappa shape index (κ1) is 15.1. The summed E-state index contributed by atoms with van der Waals surface area (Å²) in [7, 11) is 0. The number of carbonyl (C=O) groups is 1. The molecular weight excluding hydrogens is 204 g/mol. The van der Waals surface area contributed by atoms with E-state index in [1.807, 2.05) is 13.0 Å². The molecule has 4 nitrogen and oxygen atoms in total. The Hall–Kier alpha value is -0.870. The summed E-state index contributed by atoms with van der Waals surface area (Å²) in [4.78, 5) is 11.6. The molecule has 0 aromatic carbocycles. The molecule has 94 valence electrons. The number of nitrogens with two attached hydrogens (primary N) is 1. The van der Waals surface area contributed by atoms with Crippen LogP contribution in [-0.4, -0.2) is 32.2 Å². The zero-order valence-corrected chi connectivity index (χ0v) is 10.2. The molecule has 0 bridgehead atoms. The van der Waals surface area contributed by atoms with Gasteiger partial charge in [0.05, 0.1) is 19.1 Å². The second-order valence-electron chi connectivity index (χ2n) is 3.70. The van der Waals surface area contributed by atoms with Crippen LogP contribution in [0.5, 0.6) is 0 Å². The molecule has 0 spiro atoms. The third-order valence-electron chi connectivity index (χ3n) is 2.30. The van der Waals surface area contributed by atoms with E-state index in [-0.39, 0.29) is 11.8 Å². The third kappa shape index (κ3) is 7.43. The Kier molecular flexibility index (Phi) is 10.1. The highest BCUT2D eigenvalue weighted by Crippen LogP contribution is 2.03. The van der Waals surface area contributed by atoms with E-state index in [4.69, 9.17) is 10.5 Å². The fraction of sp³-hybridized carbons (Fsp3) is 0.750. The summed E-state index contributed by atoms with van der Waals surface area (Å²) >= 11 is 0. The minimum atomic E-state index is -0.0572. The number of rotatable bonds is 10. The van der Waals surface area contributed by atoms with Crippen molar-refractivity contribution in [2.24, 2.45) is 11.7 Å². The summed E-state index contributed by atoms with van der Waals surface area (Å²) in [5.74, 6) is -0.0187. The highest BCUT2D eigenvalue weighted by atomic mass is 16.5. The topological polar surface area (TPSA) is 64.3 Å². The van der Waals surface area contributed by atoms with Gasteiger partial charge in [0.2, 0.25) is 5.91 Å². The van der Waals surface area contributed by atoms with Crippen LogP contribution < -0.4 is 11.1 Å². The Morgan fingerprint density at radius 2 is 2.31 bits per heavy atom. The fourth-order valence-corrected chi connectivity index (χ4v) is 1.36. The Labute approximate surface area is 98.2 Å². The molecule has 1 atom stereocenters. The minimum absolute atomic E-state index is 0.0386. The van der Waals surface area contributed by atoms with Crippen LogP contribution in [0.15, 0.2) is 12.7 Å². The molecule has 0 aliphatic rings. The SMILES string of the molecule is C=CCCOCCNC(=O)C(CN)CCC. The van der Waals surface area contributed by atoms with Crippen LogP contribution in [0.3, 0.4) is 0 Å². The molecule has 0 aliphatic carbocycles. The number of hydrogen-bond donors (Lipinski definition) is 2. The average Bonchev–Trinajstić information content (AvgIpc) is 2.30. The lowest BCUT2D eigenvalue weighted by atomic mass is 10.0. The third-order valence-corrected chi connectivity index (χ3v) is 2.30. The lowest BCUT2D eigenvalue weighted by Crippen LogP contribution is -2.36. The molecule has 0 saturated carbocycles. The Morgan fingerprint density at radius 1 is 1.56 bits per heavy atom. The maximum absolute atomic E-state index is 11.6. The summed E-state index contributed by atoms with van der Waals surface area (Å²) in [5, 5.41) is 2.83. The monoisotopic (exact) mass is 228 g/mol. The van der Waals surface area contributed by atoms with Crippen molar-refractivity contribution in [1.82, 2.24) is 5.32 Å². The van der Waals surface area contributed by atoms with Crippen LogP contribution in [0.4, 0.5) is 0 Å². The van der Waals surface area contributed by atoms with Gasteiger partial charge in [-0.25, -0.2) is 0 Å². The Balaban J connectivity index is 3.51. The van der Waals surface area contributed by atoms with E-state index in [9.17, 15) is 4.79 Å². The number of amides is 1. The molecule has 0 aromatic heterocycles. The van der Waals surface area contributed by atoms with Gasteiger partial charge in [0, 0.05) is 13.1 Å². The van der Waals surface area contributed by atoms with Gasteiger partial charge in [-0.3, -0.25) is 4.79 Å². The highest BCUT2D eigenvalue weighted by molar-refractivity contribution is 5.78. The lowest BCUT2D eigenvalue weighted by Gasteiger charge is -2.13. The number of ether oxygens (including phenoxy) is 1. The van der Waals surface area contributed by atoms with Crippen molar-refractivity contribution < 1.29 is 9.53 Å². The van der Waals surface area contributed by atoms with Crippen LogP contribution in [0.1, 0.15) is 26.2 Å². The molecule has 0 aromatic rings. The molecule has 0 rings (SSSR count). The van der Waals surface area contributed by atoms with Gasteiger partial charge in [0.25, 0.3) is 0 Å². The number of carbonyl (C=O) groups excluding carboxylic acids is 1. The van der Waals surface area contributed by atoms with Gasteiger partial charge in [-0.2, -0.15) is 0 Å². The molecule has 0 saturated heterocycles. The molecule has 4 heteroatoms. The lowest BCUT2D eigenvalue weighted by molar-refractivity contribution is -0.125. The van der Waals surface area contributed by atoms with E-state index in [2.05, 4.69) is 11.9 Å². The second-order valence-corrected chi connectivity index (χ2v) is 3.70. The molecule has 1 amide bonds. The fourth-order valence-electron chi connectivity index (χ4n) is 1.36. The smallest absolute Gasteiger partial charge is 0.224 e. The van der Waals surface area contributed by atoms with Gasteiger partial charge >= 0.3 is 0 Å². The van der Waals surface area contributed by atoms with Gasteiger partial charge in [0.15, 0.2) is 0 Å². The molecule has 16 heavy (non-hydrogen) atoms. The van der Waals surface area contributed by atoms with Crippen molar-refractivity contribution in [3.63, 3.8) is 0 Å². The second kappa shape index (κ2) is 10.6. The first-order valence-electron chi connectivity index (χ1n) is 5.92. The summed E-state index contributed by atoms with van der Waals surface area (Å²) in [6.07, 6.45) is 4.48. The number of nitrogens with one attached hydrogen (secondary N) is 1.